The van der Waals surface area contributed by atoms with Crippen LogP contribution in [0.5, 0.6) is 0 Å². The van der Waals surface area contributed by atoms with Crippen molar-refractivity contribution in [3.05, 3.63) is 29.3 Å². The van der Waals surface area contributed by atoms with E-state index in [2.05, 4.69) is 9.82 Å². The minimum absolute atomic E-state index is 0.333. The molecular formula is C9H8F4N2O2. The van der Waals surface area contributed by atoms with E-state index in [0.29, 0.717) is 12.3 Å². The summed E-state index contributed by atoms with van der Waals surface area (Å²) in [6, 6.07) is 0.466. The number of amides is 1. The molecule has 1 aromatic heterocycles. The van der Waals surface area contributed by atoms with Gasteiger partial charge in [0.05, 0.1) is 12.7 Å². The molecule has 0 N–H and O–H groups in total. The van der Waals surface area contributed by atoms with E-state index < -0.39 is 23.6 Å². The maximum atomic E-state index is 13.1. The van der Waals surface area contributed by atoms with E-state index in [1.807, 2.05) is 0 Å². The number of rotatable bonds is 2. The highest BCUT2D eigenvalue weighted by Crippen LogP contribution is 2.29. The van der Waals surface area contributed by atoms with Crippen LogP contribution in [-0.2, 0) is 11.0 Å². The summed E-state index contributed by atoms with van der Waals surface area (Å²) >= 11 is 0. The zero-order chi connectivity index (χ0) is 13.2. The monoisotopic (exact) mass is 252 g/mol. The molecule has 0 fully saturated rings. The Labute approximate surface area is 93.8 Å². The van der Waals surface area contributed by atoms with E-state index in [0.717, 1.165) is 5.06 Å². The summed E-state index contributed by atoms with van der Waals surface area (Å²) in [5, 5.41) is 0.740. The fourth-order valence-electron chi connectivity index (χ4n) is 1.03. The first-order valence-electron chi connectivity index (χ1n) is 4.32. The van der Waals surface area contributed by atoms with Gasteiger partial charge in [0.2, 0.25) is 0 Å². The maximum Gasteiger partial charge on any atom is 0.436 e. The van der Waals surface area contributed by atoms with Crippen LogP contribution in [-0.4, -0.2) is 30.1 Å². The molecule has 1 amide bonds. The zero-order valence-corrected chi connectivity index (χ0v) is 8.88. The number of alkyl halides is 3. The standard InChI is InChI=1S/C9H8F4N2O2/c1-15(17-2)8(16)5-3-6(10)7(14-4-5)9(11,12)13/h3-4H,1-2H3. The third kappa shape index (κ3) is 2.90. The molecule has 8 heteroatoms. The largest absolute Gasteiger partial charge is 0.436 e. The number of hydroxylamine groups is 2. The highest BCUT2D eigenvalue weighted by atomic mass is 19.4. The topological polar surface area (TPSA) is 42.4 Å². The van der Waals surface area contributed by atoms with Crippen molar-refractivity contribution < 1.29 is 27.2 Å². The normalized spacial score (nSPS) is 11.4. The van der Waals surface area contributed by atoms with E-state index in [4.69, 9.17) is 0 Å². The molecule has 0 aliphatic carbocycles. The molecule has 0 radical (unpaired) electrons. The van der Waals surface area contributed by atoms with Crippen LogP contribution in [0.15, 0.2) is 12.3 Å². The van der Waals surface area contributed by atoms with Crippen molar-refractivity contribution >= 4 is 5.91 Å². The Morgan fingerprint density at radius 1 is 1.47 bits per heavy atom. The Hall–Kier alpha value is -1.70. The lowest BCUT2D eigenvalue weighted by atomic mass is 10.2. The molecule has 0 aliphatic heterocycles. The van der Waals surface area contributed by atoms with Crippen molar-refractivity contribution in [3.63, 3.8) is 0 Å². The van der Waals surface area contributed by atoms with Gasteiger partial charge in [-0.3, -0.25) is 9.63 Å². The number of hydrogen-bond acceptors (Lipinski definition) is 3. The number of halogens is 4. The first-order valence-corrected chi connectivity index (χ1v) is 4.32. The molecular weight excluding hydrogens is 244 g/mol. The molecule has 4 nitrogen and oxygen atoms in total. The van der Waals surface area contributed by atoms with Gasteiger partial charge in [0.25, 0.3) is 5.91 Å². The number of aromatic nitrogens is 1. The molecule has 0 bridgehead atoms. The summed E-state index contributed by atoms with van der Waals surface area (Å²) in [7, 11) is 2.42. The molecule has 94 valence electrons. The van der Waals surface area contributed by atoms with Gasteiger partial charge in [-0.2, -0.15) is 13.2 Å². The van der Waals surface area contributed by atoms with Crippen LogP contribution in [0.3, 0.4) is 0 Å². The number of carbonyl (C=O) groups is 1. The summed E-state index contributed by atoms with van der Waals surface area (Å²) in [6.07, 6.45) is -4.25. The van der Waals surface area contributed by atoms with Crippen molar-refractivity contribution in [3.8, 4) is 0 Å². The SMILES string of the molecule is CON(C)C(=O)c1cnc(C(F)(F)F)c(F)c1. The van der Waals surface area contributed by atoms with E-state index >= 15 is 0 Å². The minimum atomic E-state index is -4.89. The lowest BCUT2D eigenvalue weighted by Gasteiger charge is -2.14. The van der Waals surface area contributed by atoms with Crippen LogP contribution in [0.4, 0.5) is 17.6 Å². The second-order valence-electron chi connectivity index (χ2n) is 3.04. The molecule has 0 spiro atoms. The van der Waals surface area contributed by atoms with Crippen LogP contribution in [0.1, 0.15) is 16.1 Å². The second kappa shape index (κ2) is 4.66. The number of nitrogens with zero attached hydrogens (tertiary/aromatic N) is 2. The van der Waals surface area contributed by atoms with Crippen LogP contribution in [0, 0.1) is 5.82 Å². The van der Waals surface area contributed by atoms with E-state index in [1.165, 1.54) is 14.2 Å². The van der Waals surface area contributed by atoms with Crippen molar-refractivity contribution in [1.82, 2.24) is 10.0 Å². The maximum absolute atomic E-state index is 13.1. The molecule has 1 rings (SSSR count). The predicted octanol–water partition coefficient (Wildman–Crippen LogP) is 1.87. The Bertz CT molecular complexity index is 433. The number of carbonyl (C=O) groups excluding carboxylic acids is 1. The van der Waals surface area contributed by atoms with Gasteiger partial charge in [0.1, 0.15) is 0 Å². The lowest BCUT2D eigenvalue weighted by Crippen LogP contribution is -2.26. The quantitative estimate of drug-likeness (QED) is 0.596. The van der Waals surface area contributed by atoms with E-state index in [9.17, 15) is 22.4 Å². The molecule has 0 unspecified atom stereocenters. The van der Waals surface area contributed by atoms with Crippen LogP contribution in [0.25, 0.3) is 0 Å². The summed E-state index contributed by atoms with van der Waals surface area (Å²) in [4.78, 5) is 18.8. The summed E-state index contributed by atoms with van der Waals surface area (Å²) in [6.45, 7) is 0. The highest BCUT2D eigenvalue weighted by Gasteiger charge is 2.36. The molecule has 0 saturated carbocycles. The Kier molecular flexibility index (Phi) is 3.66. The van der Waals surface area contributed by atoms with Crippen LogP contribution in [0.2, 0.25) is 0 Å². The smallest absolute Gasteiger partial charge is 0.274 e. The summed E-state index contributed by atoms with van der Waals surface area (Å²) in [5.74, 6) is -2.40. The average Bonchev–Trinajstić information content (AvgIpc) is 2.25. The van der Waals surface area contributed by atoms with Gasteiger partial charge in [0.15, 0.2) is 11.5 Å². The highest BCUT2D eigenvalue weighted by molar-refractivity contribution is 5.93. The van der Waals surface area contributed by atoms with Crippen molar-refractivity contribution in [2.24, 2.45) is 0 Å². The first-order chi connectivity index (χ1) is 7.77. The number of hydrogen-bond donors (Lipinski definition) is 0. The first kappa shape index (κ1) is 13.4. The molecule has 0 aliphatic rings. The summed E-state index contributed by atoms with van der Waals surface area (Å²) < 4.78 is 49.6. The fraction of sp³-hybridized carbons (Fsp3) is 0.333. The van der Waals surface area contributed by atoms with Gasteiger partial charge in [0, 0.05) is 13.2 Å². The predicted molar refractivity (Wildman–Crippen MR) is 48.3 cm³/mol. The van der Waals surface area contributed by atoms with E-state index in [-0.39, 0.29) is 5.56 Å². The summed E-state index contributed by atoms with van der Waals surface area (Å²) in [5.41, 5.74) is -1.99. The molecule has 1 aromatic rings. The van der Waals surface area contributed by atoms with Gasteiger partial charge in [-0.05, 0) is 6.07 Å². The van der Waals surface area contributed by atoms with Crippen LogP contribution < -0.4 is 0 Å². The van der Waals surface area contributed by atoms with Gasteiger partial charge in [-0.25, -0.2) is 14.4 Å². The van der Waals surface area contributed by atoms with Gasteiger partial charge in [-0.15, -0.1) is 0 Å². The number of pyridine rings is 1. The Balaban J connectivity index is 3.09. The molecule has 17 heavy (non-hydrogen) atoms. The fourth-order valence-corrected chi connectivity index (χ4v) is 1.03. The van der Waals surface area contributed by atoms with E-state index in [1.54, 1.807) is 0 Å². The van der Waals surface area contributed by atoms with Gasteiger partial charge >= 0.3 is 6.18 Å². The molecule has 0 atom stereocenters. The van der Waals surface area contributed by atoms with Gasteiger partial charge < -0.3 is 0 Å². The second-order valence-corrected chi connectivity index (χ2v) is 3.04. The Morgan fingerprint density at radius 2 is 2.06 bits per heavy atom. The molecule has 0 aromatic carbocycles. The van der Waals surface area contributed by atoms with Crippen molar-refractivity contribution in [2.75, 3.05) is 14.2 Å². The van der Waals surface area contributed by atoms with Gasteiger partial charge in [-0.1, -0.05) is 0 Å². The zero-order valence-electron chi connectivity index (χ0n) is 8.88. The Morgan fingerprint density at radius 3 is 2.47 bits per heavy atom. The average molecular weight is 252 g/mol. The minimum Gasteiger partial charge on any atom is -0.274 e. The lowest BCUT2D eigenvalue weighted by molar-refractivity contribution is -0.143. The van der Waals surface area contributed by atoms with Crippen LogP contribution >= 0.6 is 0 Å². The van der Waals surface area contributed by atoms with Crippen molar-refractivity contribution in [1.29, 1.82) is 0 Å². The van der Waals surface area contributed by atoms with Crippen molar-refractivity contribution in [2.45, 2.75) is 6.18 Å². The molecule has 1 heterocycles. The molecule has 0 saturated heterocycles. The third-order valence-corrected chi connectivity index (χ3v) is 1.92. The third-order valence-electron chi connectivity index (χ3n) is 1.92.